The first-order chi connectivity index (χ1) is 14.7. The van der Waals surface area contributed by atoms with Crippen LogP contribution in [0.2, 0.25) is 0 Å². The molecule has 5 heterocycles. The van der Waals surface area contributed by atoms with Crippen molar-refractivity contribution in [3.8, 4) is 0 Å². The maximum absolute atomic E-state index is 5.16. The minimum atomic E-state index is 0.0374. The van der Waals surface area contributed by atoms with Gasteiger partial charge in [-0.25, -0.2) is 0 Å². The first-order valence-corrected chi connectivity index (χ1v) is 11.6. The highest BCUT2D eigenvalue weighted by molar-refractivity contribution is 8.14. The van der Waals surface area contributed by atoms with E-state index in [1.165, 1.54) is 27.7 Å². The molecule has 0 unspecified atom stereocenters. The highest BCUT2D eigenvalue weighted by Crippen LogP contribution is 2.49. The summed E-state index contributed by atoms with van der Waals surface area (Å²) in [6.45, 7) is 7.57. The largest absolute Gasteiger partial charge is 0.344 e. The zero-order valence-electron chi connectivity index (χ0n) is 17.7. The molecule has 5 nitrogen and oxygen atoms in total. The molecule has 0 bridgehead atoms. The number of aryl methyl sites for hydroxylation is 1. The first kappa shape index (κ1) is 19.4. The third-order valence-corrected chi connectivity index (χ3v) is 7.45. The smallest absolute Gasteiger partial charge is 0.160 e. The SMILES string of the molecule is CC[C@@H]1CSC2=N[C@H](c3ccccn3)[C@@H](c3cc(C)n(Cc4cccnc4)c3C)N21. The number of amidine groups is 1. The Kier molecular flexibility index (Phi) is 5.11. The maximum atomic E-state index is 5.16. The molecule has 3 aromatic rings. The van der Waals surface area contributed by atoms with Crippen molar-refractivity contribution in [1.29, 1.82) is 0 Å². The van der Waals surface area contributed by atoms with Gasteiger partial charge < -0.3 is 9.47 Å². The van der Waals surface area contributed by atoms with Gasteiger partial charge in [0.15, 0.2) is 5.17 Å². The summed E-state index contributed by atoms with van der Waals surface area (Å²) < 4.78 is 2.41. The van der Waals surface area contributed by atoms with Crippen LogP contribution < -0.4 is 0 Å². The summed E-state index contributed by atoms with van der Waals surface area (Å²) in [6, 6.07) is 13.4. The first-order valence-electron chi connectivity index (χ1n) is 10.6. The highest BCUT2D eigenvalue weighted by Gasteiger charge is 2.46. The Morgan fingerprint density at radius 3 is 2.77 bits per heavy atom. The van der Waals surface area contributed by atoms with Crippen LogP contribution in [0, 0.1) is 13.8 Å². The average molecular weight is 418 g/mol. The van der Waals surface area contributed by atoms with Crippen molar-refractivity contribution in [2.24, 2.45) is 4.99 Å². The second kappa shape index (κ2) is 7.91. The Labute approximate surface area is 182 Å². The van der Waals surface area contributed by atoms with Crippen molar-refractivity contribution in [3.05, 3.63) is 83.2 Å². The molecule has 5 rings (SSSR count). The van der Waals surface area contributed by atoms with E-state index in [0.29, 0.717) is 6.04 Å². The molecule has 0 aromatic carbocycles. The van der Waals surface area contributed by atoms with Gasteiger partial charge in [-0.3, -0.25) is 15.0 Å². The van der Waals surface area contributed by atoms with Crippen molar-refractivity contribution < 1.29 is 0 Å². The molecule has 3 atom stereocenters. The molecule has 2 aliphatic rings. The molecular formula is C24H27N5S. The number of thioether (sulfide) groups is 1. The fourth-order valence-corrected chi connectivity index (χ4v) is 6.07. The maximum Gasteiger partial charge on any atom is 0.160 e. The Morgan fingerprint density at radius 1 is 1.13 bits per heavy atom. The predicted molar refractivity (Wildman–Crippen MR) is 123 cm³/mol. The van der Waals surface area contributed by atoms with Gasteiger partial charge in [0.1, 0.15) is 6.04 Å². The topological polar surface area (TPSA) is 46.3 Å². The van der Waals surface area contributed by atoms with Crippen LogP contribution in [0.1, 0.15) is 53.6 Å². The molecule has 0 saturated carbocycles. The molecule has 3 aromatic heterocycles. The van der Waals surface area contributed by atoms with E-state index in [1.807, 2.05) is 42.5 Å². The molecule has 1 saturated heterocycles. The molecule has 0 amide bonds. The lowest BCUT2D eigenvalue weighted by Crippen LogP contribution is -2.35. The van der Waals surface area contributed by atoms with Gasteiger partial charge in [-0.15, -0.1) is 0 Å². The molecule has 0 spiro atoms. The number of nitrogens with zero attached hydrogens (tertiary/aromatic N) is 5. The number of rotatable bonds is 5. The van der Waals surface area contributed by atoms with E-state index in [2.05, 4.69) is 64.5 Å². The molecule has 1 fully saturated rings. The fourth-order valence-electron chi connectivity index (χ4n) is 4.73. The second-order valence-corrected chi connectivity index (χ2v) is 9.10. The lowest BCUT2D eigenvalue weighted by molar-refractivity contribution is 0.254. The number of pyridine rings is 2. The van der Waals surface area contributed by atoms with Gasteiger partial charge in [-0.1, -0.05) is 30.8 Å². The number of aromatic nitrogens is 3. The van der Waals surface area contributed by atoms with Gasteiger partial charge in [0, 0.05) is 48.3 Å². The molecule has 0 N–H and O–H groups in total. The third-order valence-electron chi connectivity index (χ3n) is 6.32. The van der Waals surface area contributed by atoms with Crippen LogP contribution >= 0.6 is 11.8 Å². The third kappa shape index (κ3) is 3.23. The quantitative estimate of drug-likeness (QED) is 0.591. The van der Waals surface area contributed by atoms with Crippen molar-refractivity contribution in [1.82, 2.24) is 19.4 Å². The average Bonchev–Trinajstić information content (AvgIpc) is 3.43. The van der Waals surface area contributed by atoms with E-state index >= 15 is 0 Å². The Hall–Kier alpha value is -2.60. The fraction of sp³-hybridized carbons (Fsp3) is 0.375. The van der Waals surface area contributed by atoms with Gasteiger partial charge in [-0.05, 0) is 55.7 Å². The van der Waals surface area contributed by atoms with Crippen LogP contribution in [0.5, 0.6) is 0 Å². The van der Waals surface area contributed by atoms with Crippen molar-refractivity contribution in [3.63, 3.8) is 0 Å². The van der Waals surface area contributed by atoms with E-state index in [-0.39, 0.29) is 12.1 Å². The minimum absolute atomic E-state index is 0.0374. The molecular weight excluding hydrogens is 390 g/mol. The van der Waals surface area contributed by atoms with Gasteiger partial charge in [0.2, 0.25) is 0 Å². The Morgan fingerprint density at radius 2 is 2.03 bits per heavy atom. The molecule has 0 radical (unpaired) electrons. The van der Waals surface area contributed by atoms with E-state index < -0.39 is 0 Å². The van der Waals surface area contributed by atoms with E-state index in [9.17, 15) is 0 Å². The molecule has 6 heteroatoms. The lowest BCUT2D eigenvalue weighted by Gasteiger charge is -2.32. The van der Waals surface area contributed by atoms with Gasteiger partial charge in [-0.2, -0.15) is 0 Å². The van der Waals surface area contributed by atoms with Crippen LogP contribution in [0.3, 0.4) is 0 Å². The molecule has 2 aliphatic heterocycles. The van der Waals surface area contributed by atoms with E-state index in [4.69, 9.17) is 4.99 Å². The van der Waals surface area contributed by atoms with Gasteiger partial charge >= 0.3 is 0 Å². The van der Waals surface area contributed by atoms with Crippen molar-refractivity contribution in [2.75, 3.05) is 5.75 Å². The van der Waals surface area contributed by atoms with Crippen LogP contribution in [-0.4, -0.2) is 36.4 Å². The molecule has 154 valence electrons. The highest BCUT2D eigenvalue weighted by atomic mass is 32.2. The Bertz CT molecular complexity index is 1060. The van der Waals surface area contributed by atoms with Crippen molar-refractivity contribution in [2.45, 2.75) is 51.9 Å². The van der Waals surface area contributed by atoms with E-state index in [1.54, 1.807) is 0 Å². The van der Waals surface area contributed by atoms with Gasteiger partial charge in [0.05, 0.1) is 11.7 Å². The lowest BCUT2D eigenvalue weighted by atomic mass is 9.95. The standard InChI is InChI=1S/C24H27N5S/c1-4-19-15-30-24-27-22(21-9-5-6-11-26-21)23(29(19)24)20-12-16(2)28(17(20)3)14-18-8-7-10-25-13-18/h5-13,19,22-23H,4,14-15H2,1-3H3/t19-,22-,23-/m1/s1. The molecule has 30 heavy (non-hydrogen) atoms. The minimum Gasteiger partial charge on any atom is -0.344 e. The zero-order valence-corrected chi connectivity index (χ0v) is 18.5. The number of aliphatic imine (C=N–C) groups is 1. The van der Waals surface area contributed by atoms with Crippen LogP contribution in [-0.2, 0) is 6.54 Å². The van der Waals surface area contributed by atoms with Crippen LogP contribution in [0.15, 0.2) is 60.0 Å². The zero-order chi connectivity index (χ0) is 20.7. The number of fused-ring (bicyclic) bond motifs is 1. The number of hydrogen-bond donors (Lipinski definition) is 0. The molecule has 0 aliphatic carbocycles. The summed E-state index contributed by atoms with van der Waals surface area (Å²) >= 11 is 1.90. The normalized spacial score (nSPS) is 23.0. The summed E-state index contributed by atoms with van der Waals surface area (Å²) in [7, 11) is 0. The summed E-state index contributed by atoms with van der Waals surface area (Å²) in [5, 5.41) is 1.18. The monoisotopic (exact) mass is 417 g/mol. The predicted octanol–water partition coefficient (Wildman–Crippen LogP) is 4.92. The second-order valence-electron chi connectivity index (χ2n) is 8.11. The van der Waals surface area contributed by atoms with Crippen molar-refractivity contribution >= 4 is 16.9 Å². The summed E-state index contributed by atoms with van der Waals surface area (Å²) in [6.07, 6.45) is 6.80. The summed E-state index contributed by atoms with van der Waals surface area (Å²) in [4.78, 5) is 16.7. The summed E-state index contributed by atoms with van der Waals surface area (Å²) in [5.74, 6) is 1.12. The summed E-state index contributed by atoms with van der Waals surface area (Å²) in [5.41, 5.74) is 6.23. The van der Waals surface area contributed by atoms with Gasteiger partial charge in [0.25, 0.3) is 0 Å². The number of hydrogen-bond acceptors (Lipinski definition) is 5. The van der Waals surface area contributed by atoms with Crippen LogP contribution in [0.4, 0.5) is 0 Å². The van der Waals surface area contributed by atoms with E-state index in [0.717, 1.165) is 24.4 Å². The van der Waals surface area contributed by atoms with Crippen LogP contribution in [0.25, 0.3) is 0 Å². The Balaban J connectivity index is 1.57.